The second kappa shape index (κ2) is 5.60. The Hall–Kier alpha value is -2.30. The first-order valence-corrected chi connectivity index (χ1v) is 7.48. The van der Waals surface area contributed by atoms with E-state index in [1.807, 2.05) is 0 Å². The summed E-state index contributed by atoms with van der Waals surface area (Å²) in [7, 11) is -4.14. The Morgan fingerprint density at radius 3 is 2.67 bits per heavy atom. The first-order valence-electron chi connectivity index (χ1n) is 5.61. The molecule has 2 aromatic carbocycles. The zero-order chi connectivity index (χ0) is 15.6. The van der Waals surface area contributed by atoms with Crippen LogP contribution in [0.4, 0.5) is 15.8 Å². The maximum Gasteiger partial charge on any atom is 0.263 e. The van der Waals surface area contributed by atoms with E-state index in [1.54, 1.807) is 6.07 Å². The number of nitrogens with two attached hydrogens (primary N) is 1. The van der Waals surface area contributed by atoms with Crippen molar-refractivity contribution in [3.05, 3.63) is 52.8 Å². The molecule has 5 nitrogen and oxygen atoms in total. The molecule has 0 amide bonds. The molecule has 0 spiro atoms. The van der Waals surface area contributed by atoms with E-state index in [9.17, 15) is 12.8 Å². The Morgan fingerprint density at radius 2 is 2.00 bits per heavy atom. The fraction of sp³-hybridized carbons (Fsp3) is 0. The lowest BCUT2D eigenvalue weighted by Crippen LogP contribution is -2.15. The minimum atomic E-state index is -4.14. The zero-order valence-electron chi connectivity index (χ0n) is 10.5. The molecule has 3 N–H and O–H groups in total. The number of sulfonamides is 1. The standard InChI is InChI=1S/C13H9ClFN3O2S/c14-10-2-1-3-11(13(10)15)18-21(19,20)12-5-4-9(17)6-8(12)7-16/h1-6,18H,17H2. The van der Waals surface area contributed by atoms with Crippen LogP contribution in [-0.4, -0.2) is 8.42 Å². The average Bonchev–Trinajstić information content (AvgIpc) is 2.43. The SMILES string of the molecule is N#Cc1cc(N)ccc1S(=O)(=O)Nc1cccc(Cl)c1F. The smallest absolute Gasteiger partial charge is 0.263 e. The van der Waals surface area contributed by atoms with Crippen molar-refractivity contribution in [2.45, 2.75) is 4.90 Å². The van der Waals surface area contributed by atoms with Gasteiger partial charge in [-0.05, 0) is 30.3 Å². The van der Waals surface area contributed by atoms with Crippen LogP contribution in [0.25, 0.3) is 0 Å². The van der Waals surface area contributed by atoms with Crippen molar-refractivity contribution in [3.8, 4) is 6.07 Å². The number of halogens is 2. The van der Waals surface area contributed by atoms with Crippen LogP contribution in [0.3, 0.4) is 0 Å². The topological polar surface area (TPSA) is 96.0 Å². The Kier molecular flexibility index (Phi) is 4.02. The predicted molar refractivity (Wildman–Crippen MR) is 77.8 cm³/mol. The lowest BCUT2D eigenvalue weighted by atomic mass is 10.2. The van der Waals surface area contributed by atoms with Gasteiger partial charge >= 0.3 is 0 Å². The normalized spacial score (nSPS) is 10.9. The number of nitrogen functional groups attached to an aromatic ring is 1. The van der Waals surface area contributed by atoms with E-state index in [2.05, 4.69) is 4.72 Å². The van der Waals surface area contributed by atoms with E-state index in [0.717, 1.165) is 0 Å². The fourth-order valence-electron chi connectivity index (χ4n) is 1.65. The number of anilines is 2. The van der Waals surface area contributed by atoms with Gasteiger partial charge in [0.25, 0.3) is 10.0 Å². The highest BCUT2D eigenvalue weighted by atomic mass is 35.5. The van der Waals surface area contributed by atoms with Gasteiger partial charge in [0.2, 0.25) is 0 Å². The molecular formula is C13H9ClFN3O2S. The van der Waals surface area contributed by atoms with Gasteiger partial charge in [0.1, 0.15) is 11.0 Å². The minimum absolute atomic E-state index is 0.134. The third-order valence-corrected chi connectivity index (χ3v) is 4.33. The molecule has 0 aliphatic carbocycles. The Balaban J connectivity index is 2.49. The van der Waals surface area contributed by atoms with Gasteiger partial charge < -0.3 is 5.73 Å². The summed E-state index contributed by atoms with van der Waals surface area (Å²) < 4.78 is 40.3. The molecule has 0 aliphatic rings. The van der Waals surface area contributed by atoms with E-state index < -0.39 is 15.8 Å². The minimum Gasteiger partial charge on any atom is -0.399 e. The lowest BCUT2D eigenvalue weighted by Gasteiger charge is -2.11. The van der Waals surface area contributed by atoms with Crippen LogP contribution in [0.15, 0.2) is 41.3 Å². The summed E-state index contributed by atoms with van der Waals surface area (Å²) in [6, 6.07) is 9.39. The number of nitrogens with zero attached hydrogens (tertiary/aromatic N) is 1. The predicted octanol–water partition coefficient (Wildman–Crippen LogP) is 2.73. The molecule has 0 fully saturated rings. The lowest BCUT2D eigenvalue weighted by molar-refractivity contribution is 0.598. The van der Waals surface area contributed by atoms with E-state index in [-0.39, 0.29) is 26.9 Å². The summed E-state index contributed by atoms with van der Waals surface area (Å²) >= 11 is 5.59. The van der Waals surface area contributed by atoms with Gasteiger partial charge in [0.05, 0.1) is 16.3 Å². The van der Waals surface area contributed by atoms with Gasteiger partial charge in [0.15, 0.2) is 5.82 Å². The van der Waals surface area contributed by atoms with Crippen molar-refractivity contribution in [1.82, 2.24) is 0 Å². The first-order chi connectivity index (χ1) is 9.85. The van der Waals surface area contributed by atoms with Crippen molar-refractivity contribution in [1.29, 1.82) is 5.26 Å². The van der Waals surface area contributed by atoms with Crippen molar-refractivity contribution in [3.63, 3.8) is 0 Å². The van der Waals surface area contributed by atoms with Gasteiger partial charge in [-0.1, -0.05) is 17.7 Å². The third kappa shape index (κ3) is 3.07. The molecule has 0 heterocycles. The van der Waals surface area contributed by atoms with Crippen LogP contribution in [0, 0.1) is 17.1 Å². The largest absolute Gasteiger partial charge is 0.399 e. The highest BCUT2D eigenvalue weighted by molar-refractivity contribution is 7.92. The van der Waals surface area contributed by atoms with Crippen LogP contribution in [0.5, 0.6) is 0 Å². The number of rotatable bonds is 3. The molecule has 0 unspecified atom stereocenters. The van der Waals surface area contributed by atoms with Gasteiger partial charge in [-0.25, -0.2) is 12.8 Å². The van der Waals surface area contributed by atoms with E-state index >= 15 is 0 Å². The Labute approximate surface area is 125 Å². The summed E-state index contributed by atoms with van der Waals surface area (Å²) in [5.74, 6) is -0.892. The van der Waals surface area contributed by atoms with Crippen LogP contribution in [0.1, 0.15) is 5.56 Å². The molecule has 0 aliphatic heterocycles. The van der Waals surface area contributed by atoms with Crippen molar-refractivity contribution >= 4 is 33.0 Å². The van der Waals surface area contributed by atoms with Crippen LogP contribution < -0.4 is 10.5 Å². The quantitative estimate of drug-likeness (QED) is 0.848. The first kappa shape index (κ1) is 15.1. The van der Waals surface area contributed by atoms with Crippen LogP contribution in [-0.2, 0) is 10.0 Å². The zero-order valence-corrected chi connectivity index (χ0v) is 12.0. The van der Waals surface area contributed by atoms with Gasteiger partial charge in [-0.2, -0.15) is 5.26 Å². The summed E-state index contributed by atoms with van der Waals surface area (Å²) in [4.78, 5) is -0.293. The molecule has 0 aromatic heterocycles. The van der Waals surface area contributed by atoms with Crippen molar-refractivity contribution in [2.24, 2.45) is 0 Å². The molecule has 2 aromatic rings. The summed E-state index contributed by atoms with van der Waals surface area (Å²) in [6.07, 6.45) is 0. The summed E-state index contributed by atoms with van der Waals surface area (Å²) in [5, 5.41) is 8.76. The van der Waals surface area contributed by atoms with Gasteiger partial charge in [-0.3, -0.25) is 4.72 Å². The van der Waals surface area contributed by atoms with Gasteiger partial charge in [-0.15, -0.1) is 0 Å². The second-order valence-electron chi connectivity index (χ2n) is 4.07. The molecule has 0 atom stereocenters. The van der Waals surface area contributed by atoms with Crippen molar-refractivity contribution in [2.75, 3.05) is 10.5 Å². The highest BCUT2D eigenvalue weighted by Gasteiger charge is 2.21. The number of benzene rings is 2. The van der Waals surface area contributed by atoms with Crippen molar-refractivity contribution < 1.29 is 12.8 Å². The molecule has 8 heteroatoms. The van der Waals surface area contributed by atoms with E-state index in [1.165, 1.54) is 36.4 Å². The van der Waals surface area contributed by atoms with E-state index in [0.29, 0.717) is 0 Å². The molecule has 21 heavy (non-hydrogen) atoms. The molecule has 0 saturated carbocycles. The highest BCUT2D eigenvalue weighted by Crippen LogP contribution is 2.26. The average molecular weight is 326 g/mol. The molecule has 2 rings (SSSR count). The molecular weight excluding hydrogens is 317 g/mol. The molecule has 0 saturated heterocycles. The maximum atomic E-state index is 13.8. The number of hydrogen-bond donors (Lipinski definition) is 2. The number of hydrogen-bond acceptors (Lipinski definition) is 4. The van der Waals surface area contributed by atoms with Crippen LogP contribution in [0.2, 0.25) is 5.02 Å². The number of nitriles is 1. The summed E-state index contributed by atoms with van der Waals surface area (Å²) in [5.41, 5.74) is 5.31. The van der Waals surface area contributed by atoms with E-state index in [4.69, 9.17) is 22.6 Å². The molecule has 0 radical (unpaired) electrons. The third-order valence-electron chi connectivity index (χ3n) is 2.61. The summed E-state index contributed by atoms with van der Waals surface area (Å²) in [6.45, 7) is 0. The number of nitrogens with one attached hydrogen (secondary N) is 1. The Bertz CT molecular complexity index is 847. The van der Waals surface area contributed by atoms with Crippen LogP contribution >= 0.6 is 11.6 Å². The monoisotopic (exact) mass is 325 g/mol. The Morgan fingerprint density at radius 1 is 1.29 bits per heavy atom. The van der Waals surface area contributed by atoms with Gasteiger partial charge in [0, 0.05) is 5.69 Å². The molecule has 0 bridgehead atoms. The maximum absolute atomic E-state index is 13.8. The molecule has 108 valence electrons. The fourth-order valence-corrected chi connectivity index (χ4v) is 3.02. The second-order valence-corrected chi connectivity index (χ2v) is 6.13.